The van der Waals surface area contributed by atoms with E-state index in [-0.39, 0.29) is 5.91 Å². The van der Waals surface area contributed by atoms with Crippen LogP contribution in [0.1, 0.15) is 22.5 Å². The van der Waals surface area contributed by atoms with Crippen molar-refractivity contribution in [1.29, 1.82) is 0 Å². The second-order valence-electron chi connectivity index (χ2n) is 4.59. The fourth-order valence-corrected chi connectivity index (χ4v) is 1.87. The van der Waals surface area contributed by atoms with Crippen molar-refractivity contribution in [3.63, 3.8) is 0 Å². The summed E-state index contributed by atoms with van der Waals surface area (Å²) < 4.78 is 10.9. The van der Waals surface area contributed by atoms with Gasteiger partial charge in [0.25, 0.3) is 5.91 Å². The van der Waals surface area contributed by atoms with Crippen LogP contribution in [-0.2, 0) is 6.61 Å². The number of benzene rings is 1. The molecule has 1 aromatic heterocycles. The molecule has 21 heavy (non-hydrogen) atoms. The predicted molar refractivity (Wildman–Crippen MR) is 80.4 cm³/mol. The van der Waals surface area contributed by atoms with E-state index >= 15 is 0 Å². The highest BCUT2D eigenvalue weighted by atomic mass is 16.5. The molecule has 2 N–H and O–H groups in total. The lowest BCUT2D eigenvalue weighted by Gasteiger charge is -2.07. The first-order valence-corrected chi connectivity index (χ1v) is 6.98. The summed E-state index contributed by atoms with van der Waals surface area (Å²) in [6.07, 6.45) is 2.38. The summed E-state index contributed by atoms with van der Waals surface area (Å²) in [6, 6.07) is 11.2. The molecule has 1 amide bonds. The van der Waals surface area contributed by atoms with Crippen LogP contribution >= 0.6 is 0 Å². The maximum absolute atomic E-state index is 12.0. The smallest absolute Gasteiger partial charge is 0.287 e. The third-order valence-electron chi connectivity index (χ3n) is 2.98. The third-order valence-corrected chi connectivity index (χ3v) is 2.98. The van der Waals surface area contributed by atoms with Gasteiger partial charge in [-0.3, -0.25) is 4.79 Å². The molecule has 0 aliphatic carbocycles. The second-order valence-corrected chi connectivity index (χ2v) is 4.59. The van der Waals surface area contributed by atoms with Gasteiger partial charge >= 0.3 is 0 Å². The molecule has 0 radical (unpaired) electrons. The van der Waals surface area contributed by atoms with E-state index in [0.29, 0.717) is 18.9 Å². The minimum absolute atomic E-state index is 0.206. The Labute approximate surface area is 124 Å². The molecule has 0 fully saturated rings. The van der Waals surface area contributed by atoms with Crippen LogP contribution in [-0.4, -0.2) is 26.0 Å². The van der Waals surface area contributed by atoms with E-state index in [2.05, 4.69) is 10.6 Å². The minimum atomic E-state index is -0.206. The number of nitrogens with one attached hydrogen (secondary N) is 2. The Morgan fingerprint density at radius 1 is 1.19 bits per heavy atom. The lowest BCUT2D eigenvalue weighted by Crippen LogP contribution is -2.27. The van der Waals surface area contributed by atoms with Gasteiger partial charge in [0.05, 0.1) is 6.26 Å². The molecule has 1 heterocycles. The molecule has 5 heteroatoms. The van der Waals surface area contributed by atoms with Crippen LogP contribution in [0.3, 0.4) is 0 Å². The minimum Gasteiger partial charge on any atom is -0.489 e. The lowest BCUT2D eigenvalue weighted by molar-refractivity contribution is 0.0922. The summed E-state index contributed by atoms with van der Waals surface area (Å²) >= 11 is 0. The van der Waals surface area contributed by atoms with Crippen LogP contribution in [0.15, 0.2) is 47.1 Å². The van der Waals surface area contributed by atoms with Crippen molar-refractivity contribution >= 4 is 5.91 Å². The van der Waals surface area contributed by atoms with Gasteiger partial charge in [0.2, 0.25) is 0 Å². The van der Waals surface area contributed by atoms with Gasteiger partial charge in [0.15, 0.2) is 5.76 Å². The van der Waals surface area contributed by atoms with Crippen LogP contribution in [0.25, 0.3) is 0 Å². The molecule has 0 bridgehead atoms. The van der Waals surface area contributed by atoms with Crippen LogP contribution in [0.4, 0.5) is 0 Å². The molecule has 5 nitrogen and oxygen atoms in total. The molecule has 0 aliphatic rings. The zero-order valence-electron chi connectivity index (χ0n) is 12.1. The van der Waals surface area contributed by atoms with E-state index in [0.717, 1.165) is 24.3 Å². The first-order chi connectivity index (χ1) is 10.3. The van der Waals surface area contributed by atoms with Gasteiger partial charge in [-0.15, -0.1) is 0 Å². The van der Waals surface area contributed by atoms with Crippen molar-refractivity contribution in [1.82, 2.24) is 10.6 Å². The van der Waals surface area contributed by atoms with E-state index in [1.165, 1.54) is 6.26 Å². The zero-order valence-corrected chi connectivity index (χ0v) is 12.1. The lowest BCUT2D eigenvalue weighted by atomic mass is 10.2. The average Bonchev–Trinajstić information content (AvgIpc) is 2.99. The number of carbonyl (C=O) groups excluding carboxylic acids is 1. The molecule has 0 saturated heterocycles. The molecule has 0 aliphatic heterocycles. The fraction of sp³-hybridized carbons (Fsp3) is 0.312. The topological polar surface area (TPSA) is 63.5 Å². The quantitative estimate of drug-likeness (QED) is 0.731. The van der Waals surface area contributed by atoms with Crippen molar-refractivity contribution in [2.45, 2.75) is 13.0 Å². The van der Waals surface area contributed by atoms with Gasteiger partial charge in [0, 0.05) is 12.1 Å². The van der Waals surface area contributed by atoms with Crippen molar-refractivity contribution in [2.24, 2.45) is 0 Å². The van der Waals surface area contributed by atoms with E-state index in [9.17, 15) is 4.79 Å². The van der Waals surface area contributed by atoms with Gasteiger partial charge in [0.1, 0.15) is 12.4 Å². The standard InChI is InChI=1S/C16H20N2O3/c1-17-9-5-10-18-16(19)15-13(8-11-20-15)12-21-14-6-3-2-4-7-14/h2-4,6-8,11,17H,5,9-10,12H2,1H3,(H,18,19). The number of amides is 1. The molecular weight excluding hydrogens is 268 g/mol. The Morgan fingerprint density at radius 2 is 2.00 bits per heavy atom. The number of carbonyl (C=O) groups is 1. The summed E-state index contributed by atoms with van der Waals surface area (Å²) in [7, 11) is 1.88. The molecule has 2 rings (SSSR count). The van der Waals surface area contributed by atoms with Crippen molar-refractivity contribution in [2.75, 3.05) is 20.1 Å². The van der Waals surface area contributed by atoms with Crippen molar-refractivity contribution in [3.8, 4) is 5.75 Å². The number of ether oxygens (including phenoxy) is 1. The number of furan rings is 1. The van der Waals surface area contributed by atoms with Crippen LogP contribution in [0.2, 0.25) is 0 Å². The molecule has 1 aromatic carbocycles. The number of hydrogen-bond donors (Lipinski definition) is 2. The van der Waals surface area contributed by atoms with Crippen LogP contribution < -0.4 is 15.4 Å². The molecular formula is C16H20N2O3. The van der Waals surface area contributed by atoms with E-state index in [4.69, 9.17) is 9.15 Å². The van der Waals surface area contributed by atoms with Gasteiger partial charge in [-0.1, -0.05) is 18.2 Å². The summed E-state index contributed by atoms with van der Waals surface area (Å²) in [6.45, 7) is 1.78. The van der Waals surface area contributed by atoms with Gasteiger partial charge in [-0.2, -0.15) is 0 Å². The molecule has 0 spiro atoms. The van der Waals surface area contributed by atoms with Gasteiger partial charge in [-0.05, 0) is 38.2 Å². The molecule has 2 aromatic rings. The van der Waals surface area contributed by atoms with E-state index in [1.807, 2.05) is 37.4 Å². The predicted octanol–water partition coefficient (Wildman–Crippen LogP) is 2.20. The first-order valence-electron chi connectivity index (χ1n) is 6.98. The Morgan fingerprint density at radius 3 is 2.76 bits per heavy atom. The highest BCUT2D eigenvalue weighted by Gasteiger charge is 2.15. The molecule has 112 valence electrons. The highest BCUT2D eigenvalue weighted by Crippen LogP contribution is 2.15. The second kappa shape index (κ2) is 8.11. The van der Waals surface area contributed by atoms with Crippen LogP contribution in [0, 0.1) is 0 Å². The normalized spacial score (nSPS) is 10.3. The molecule has 0 atom stereocenters. The highest BCUT2D eigenvalue weighted by molar-refractivity contribution is 5.92. The van der Waals surface area contributed by atoms with Gasteiger partial charge in [-0.25, -0.2) is 0 Å². The summed E-state index contributed by atoms with van der Waals surface area (Å²) in [5, 5.41) is 5.86. The van der Waals surface area contributed by atoms with Gasteiger partial charge < -0.3 is 19.8 Å². The monoisotopic (exact) mass is 288 g/mol. The third kappa shape index (κ3) is 4.65. The summed E-state index contributed by atoms with van der Waals surface area (Å²) in [5.74, 6) is 0.872. The average molecular weight is 288 g/mol. The Kier molecular flexibility index (Phi) is 5.84. The van der Waals surface area contributed by atoms with Crippen molar-refractivity contribution < 1.29 is 13.9 Å². The van der Waals surface area contributed by atoms with Crippen molar-refractivity contribution in [3.05, 3.63) is 54.0 Å². The van der Waals surface area contributed by atoms with Crippen LogP contribution in [0.5, 0.6) is 5.75 Å². The fourth-order valence-electron chi connectivity index (χ4n) is 1.87. The number of rotatable bonds is 8. The molecule has 0 saturated carbocycles. The Hall–Kier alpha value is -2.27. The zero-order chi connectivity index (χ0) is 14.9. The SMILES string of the molecule is CNCCCNC(=O)c1occc1COc1ccccc1. The largest absolute Gasteiger partial charge is 0.489 e. The van der Waals surface area contributed by atoms with E-state index in [1.54, 1.807) is 6.07 Å². The Balaban J connectivity index is 1.87. The number of para-hydroxylation sites is 1. The van der Waals surface area contributed by atoms with E-state index < -0.39 is 0 Å². The maximum Gasteiger partial charge on any atom is 0.287 e. The first kappa shape index (κ1) is 15.1. The summed E-state index contributed by atoms with van der Waals surface area (Å²) in [4.78, 5) is 12.0. The number of hydrogen-bond acceptors (Lipinski definition) is 4. The Bertz CT molecular complexity index is 552. The maximum atomic E-state index is 12.0. The summed E-state index contributed by atoms with van der Waals surface area (Å²) in [5.41, 5.74) is 0.741. The molecule has 0 unspecified atom stereocenters.